The lowest BCUT2D eigenvalue weighted by atomic mass is 9.81. The number of esters is 1. The van der Waals surface area contributed by atoms with E-state index in [1.54, 1.807) is 45.5 Å². The molecule has 16 nitrogen and oxygen atoms in total. The fourth-order valence-corrected chi connectivity index (χ4v) is 10.4. The maximum absolute atomic E-state index is 14.5. The maximum Gasteiger partial charge on any atom is 0.329 e. The Balaban J connectivity index is 1.44. The topological polar surface area (TPSA) is 209 Å². The lowest BCUT2D eigenvalue weighted by Crippen LogP contribution is -2.64. The molecule has 66 heavy (non-hydrogen) atoms. The average Bonchev–Trinajstić information content (AvgIpc) is 3.30. The molecule has 1 aliphatic carbocycles. The van der Waals surface area contributed by atoms with Crippen LogP contribution in [0.15, 0.2) is 47.8 Å². The molecular formula is C50H75N3O13. The molecule has 4 aliphatic rings. The number of methoxy groups -OCH3 is 3. The van der Waals surface area contributed by atoms with Crippen molar-refractivity contribution in [1.29, 1.82) is 0 Å². The van der Waals surface area contributed by atoms with Gasteiger partial charge < -0.3 is 48.9 Å². The van der Waals surface area contributed by atoms with E-state index in [9.17, 15) is 34.2 Å². The minimum atomic E-state index is -2.52. The van der Waals surface area contributed by atoms with E-state index in [0.717, 1.165) is 5.57 Å². The maximum atomic E-state index is 14.5. The minimum Gasteiger partial charge on any atom is -0.456 e. The van der Waals surface area contributed by atoms with Crippen molar-refractivity contribution in [3.8, 4) is 0 Å². The van der Waals surface area contributed by atoms with Crippen LogP contribution < -0.4 is 5.32 Å². The summed E-state index contributed by atoms with van der Waals surface area (Å²) in [5.74, 6) is -8.06. The molecule has 2 saturated heterocycles. The van der Waals surface area contributed by atoms with E-state index in [0.29, 0.717) is 62.6 Å². The van der Waals surface area contributed by atoms with Gasteiger partial charge in [-0.3, -0.25) is 24.2 Å². The number of fused-ring (bicyclic) bond motifs is 3. The van der Waals surface area contributed by atoms with Crippen LogP contribution >= 0.6 is 0 Å². The first kappa shape index (κ1) is 53.1. The third-order valence-corrected chi connectivity index (χ3v) is 14.3. The summed E-state index contributed by atoms with van der Waals surface area (Å²) in [6.07, 6.45) is 6.85. The molecule has 16 heteroatoms. The van der Waals surface area contributed by atoms with Crippen LogP contribution in [0.3, 0.4) is 0 Å². The molecule has 3 N–H and O–H groups in total. The van der Waals surface area contributed by atoms with Gasteiger partial charge in [0, 0.05) is 70.1 Å². The van der Waals surface area contributed by atoms with E-state index < -0.39 is 77.8 Å². The molecule has 2 bridgehead atoms. The summed E-state index contributed by atoms with van der Waals surface area (Å²) in [7, 11) is 4.65. The van der Waals surface area contributed by atoms with E-state index in [1.807, 2.05) is 39.8 Å². The molecule has 0 radical (unpaired) electrons. The quantitative estimate of drug-likeness (QED) is 0.150. The number of hydrogen-bond donors (Lipinski definition) is 3. The molecule has 2 amide bonds. The van der Waals surface area contributed by atoms with Crippen molar-refractivity contribution in [1.82, 2.24) is 9.88 Å². The molecule has 1 saturated carbocycles. The first-order chi connectivity index (χ1) is 31.4. The van der Waals surface area contributed by atoms with Crippen LogP contribution in [0, 0.1) is 29.6 Å². The van der Waals surface area contributed by atoms with Gasteiger partial charge in [-0.25, -0.2) is 4.79 Å². The van der Waals surface area contributed by atoms with Gasteiger partial charge in [-0.1, -0.05) is 45.4 Å². The number of cyclic esters (lactones) is 1. The van der Waals surface area contributed by atoms with Crippen LogP contribution in [0.1, 0.15) is 112 Å². The number of anilines is 1. The van der Waals surface area contributed by atoms with Crippen LogP contribution in [0.4, 0.5) is 5.69 Å². The number of carbonyl (C=O) groups excluding carboxylic acids is 5. The summed E-state index contributed by atoms with van der Waals surface area (Å²) in [5.41, 5.74) is 2.24. The van der Waals surface area contributed by atoms with Crippen molar-refractivity contribution >= 4 is 35.0 Å². The van der Waals surface area contributed by atoms with Crippen LogP contribution in [0.5, 0.6) is 0 Å². The molecule has 5 rings (SSSR count). The molecule has 14 atom stereocenters. The van der Waals surface area contributed by atoms with E-state index in [4.69, 9.17) is 28.4 Å². The van der Waals surface area contributed by atoms with Gasteiger partial charge in [-0.05, 0) is 108 Å². The lowest BCUT2D eigenvalue weighted by molar-refractivity contribution is -0.302. The number of pyridine rings is 1. The van der Waals surface area contributed by atoms with Crippen molar-refractivity contribution < 1.29 is 62.6 Å². The number of nitrogens with one attached hydrogen (secondary N) is 1. The normalized spacial score (nSPS) is 36.9. The zero-order valence-corrected chi connectivity index (χ0v) is 40.4. The Bertz CT molecular complexity index is 1880. The van der Waals surface area contributed by atoms with E-state index in [-0.39, 0.29) is 68.1 Å². The number of rotatable bonds is 10. The third kappa shape index (κ3) is 13.2. The number of aromatic nitrogens is 1. The summed E-state index contributed by atoms with van der Waals surface area (Å²) in [6, 6.07) is 2.21. The summed E-state index contributed by atoms with van der Waals surface area (Å²) in [5, 5.41) is 26.7. The van der Waals surface area contributed by atoms with E-state index in [1.165, 1.54) is 19.1 Å². The third-order valence-electron chi connectivity index (χ3n) is 14.3. The monoisotopic (exact) mass is 926 g/mol. The van der Waals surface area contributed by atoms with Crippen LogP contribution in [0.25, 0.3) is 0 Å². The smallest absolute Gasteiger partial charge is 0.329 e. The highest BCUT2D eigenvalue weighted by Crippen LogP contribution is 2.39. The fraction of sp³-hybridized carbons (Fsp3) is 0.720. The molecule has 368 valence electrons. The SMILES string of the molecule is CC[C@@H]1/C=C(\C)C[C@H](C)C[C@H](OC)[C@H]2O[C@@](O)(C(=O)C(=O)N3CCCC[C@H]3C(=O)O[C@H](/C(C)=C/[C@@H]3CC[C@@H](OCC(=O)Nc4ccncc4)[C@H](OC)C3)[C@H](C)[C@@H](O)CC1=O)[C@H](C)C[C@@H]2OC. The number of piperidine rings is 1. The highest BCUT2D eigenvalue weighted by atomic mass is 16.7. The van der Waals surface area contributed by atoms with Gasteiger partial charge in [0.2, 0.25) is 11.7 Å². The number of Topliss-reactive ketones (excluding diaryl/α,β-unsaturated/α-hetero) is 2. The average molecular weight is 926 g/mol. The number of ether oxygens (including phenoxy) is 6. The Kier molecular flexibility index (Phi) is 19.6. The van der Waals surface area contributed by atoms with Gasteiger partial charge in [0.05, 0.1) is 30.5 Å². The summed E-state index contributed by atoms with van der Waals surface area (Å²) in [6.45, 7) is 11.1. The van der Waals surface area contributed by atoms with Crippen LogP contribution in [-0.2, 0) is 52.4 Å². The Morgan fingerprint density at radius 3 is 2.29 bits per heavy atom. The molecule has 3 aliphatic heterocycles. The van der Waals surface area contributed by atoms with E-state index in [2.05, 4.69) is 10.3 Å². The number of nitrogens with zero attached hydrogens (tertiary/aromatic N) is 2. The molecule has 1 aromatic heterocycles. The molecule has 1 aromatic rings. The van der Waals surface area contributed by atoms with Gasteiger partial charge >= 0.3 is 5.97 Å². The number of amides is 2. The Morgan fingerprint density at radius 1 is 0.939 bits per heavy atom. The molecular weight excluding hydrogens is 851 g/mol. The lowest BCUT2D eigenvalue weighted by Gasteiger charge is -2.47. The zero-order chi connectivity index (χ0) is 48.3. The highest BCUT2D eigenvalue weighted by molar-refractivity contribution is 6.39. The van der Waals surface area contributed by atoms with Gasteiger partial charge in [0.15, 0.2) is 0 Å². The standard InChI is InChI=1S/C50H75N3O13/c1-10-35-22-29(2)21-30(3)23-42(62-8)46-43(63-9)25-32(5)50(60,66-46)47(57)48(58)53-20-12-11-13-37(53)49(59)65-45(33(6)38(54)27-39(35)55)31(4)24-34-14-15-40(41(26-34)61-7)64-28-44(56)52-36-16-18-51-19-17-36/h16-19,22,24,30,32-35,37-38,40-43,45-46,54,60H,10-15,20-21,23,25-28H2,1-9H3,(H,51,52,56)/b29-22+,31-24+/t30-,32+,33+,34-,35+,37-,38-,40+,41+,42-,43-,45+,46+,50+/m0/s1. The van der Waals surface area contributed by atoms with Gasteiger partial charge in [0.25, 0.3) is 11.7 Å². The predicted molar refractivity (Wildman–Crippen MR) is 245 cm³/mol. The molecule has 0 spiro atoms. The van der Waals surface area contributed by atoms with Crippen molar-refractivity contribution in [2.45, 2.75) is 167 Å². The largest absolute Gasteiger partial charge is 0.456 e. The van der Waals surface area contributed by atoms with Gasteiger partial charge in [-0.2, -0.15) is 0 Å². The Labute approximate surface area is 390 Å². The minimum absolute atomic E-state index is 0.0171. The van der Waals surface area contributed by atoms with Gasteiger partial charge in [0.1, 0.15) is 30.6 Å². The first-order valence-electron chi connectivity index (χ1n) is 23.9. The summed E-state index contributed by atoms with van der Waals surface area (Å²) < 4.78 is 36.3. The molecule has 3 fully saturated rings. The second kappa shape index (κ2) is 24.4. The number of ketones is 2. The highest BCUT2D eigenvalue weighted by Gasteiger charge is 2.56. The van der Waals surface area contributed by atoms with Crippen LogP contribution in [-0.4, -0.2) is 138 Å². The second-order valence-electron chi connectivity index (χ2n) is 19.2. The van der Waals surface area contributed by atoms with Gasteiger partial charge in [-0.15, -0.1) is 0 Å². The summed E-state index contributed by atoms with van der Waals surface area (Å²) in [4.78, 5) is 74.9. The number of aliphatic hydroxyl groups excluding tert-OH is 1. The number of hydrogen-bond acceptors (Lipinski definition) is 14. The van der Waals surface area contributed by atoms with Crippen molar-refractivity contribution in [3.63, 3.8) is 0 Å². The summed E-state index contributed by atoms with van der Waals surface area (Å²) >= 11 is 0. The van der Waals surface area contributed by atoms with Crippen LogP contribution in [0.2, 0.25) is 0 Å². The molecule has 4 heterocycles. The fourth-order valence-electron chi connectivity index (χ4n) is 10.4. The molecule has 0 unspecified atom stereocenters. The van der Waals surface area contributed by atoms with Crippen molar-refractivity contribution in [3.05, 3.63) is 47.8 Å². The Hall–Kier alpha value is -3.90. The van der Waals surface area contributed by atoms with Crippen molar-refractivity contribution in [2.75, 3.05) is 39.8 Å². The molecule has 0 aromatic carbocycles. The first-order valence-corrected chi connectivity index (χ1v) is 23.9. The van der Waals surface area contributed by atoms with Crippen molar-refractivity contribution in [2.24, 2.45) is 29.6 Å². The Morgan fingerprint density at radius 2 is 1.62 bits per heavy atom. The number of allylic oxidation sites excluding steroid dienone is 3. The second-order valence-corrected chi connectivity index (χ2v) is 19.2. The predicted octanol–water partition coefficient (Wildman–Crippen LogP) is 5.53. The number of carbonyl (C=O) groups is 5. The number of aliphatic hydroxyl groups is 2. The zero-order valence-electron chi connectivity index (χ0n) is 40.4. The van der Waals surface area contributed by atoms with E-state index >= 15 is 0 Å².